The first-order valence-electron chi connectivity index (χ1n) is 11.0. The third kappa shape index (κ3) is 4.31. The Labute approximate surface area is 211 Å². The minimum Gasteiger partial charge on any atom is -0.462 e. The van der Waals surface area contributed by atoms with E-state index in [4.69, 9.17) is 16.3 Å². The molecule has 1 amide bonds. The standard InChI is InChI=1S/C22H20ClF3N4O3S2/c1-2-33-21(32)15-10-5-3-6-12(10)35-20(15)28-19(31)17-16(23)18-27-11(13-7-4-8-34-13)9-14(22(24,25)26)30(18)29-17/h4,7-8,11,14,27H,2-3,5-6,9H2,1H3,(H,28,31)/t11-,14+/m1/s1. The van der Waals surface area contributed by atoms with Gasteiger partial charge in [-0.15, -0.1) is 22.7 Å². The van der Waals surface area contributed by atoms with Crippen molar-refractivity contribution in [2.45, 2.75) is 50.9 Å². The third-order valence-electron chi connectivity index (χ3n) is 6.03. The predicted molar refractivity (Wildman–Crippen MR) is 128 cm³/mol. The molecule has 5 rings (SSSR count). The van der Waals surface area contributed by atoms with Crippen molar-refractivity contribution in [1.29, 1.82) is 0 Å². The first-order chi connectivity index (χ1) is 16.7. The van der Waals surface area contributed by atoms with Crippen LogP contribution < -0.4 is 10.6 Å². The number of alkyl halides is 3. The van der Waals surface area contributed by atoms with Crippen molar-refractivity contribution >= 4 is 57.0 Å². The molecule has 7 nitrogen and oxygen atoms in total. The SMILES string of the molecule is CCOC(=O)c1c(NC(=O)c2nn3c(c2Cl)N[C@@H](c2cccs2)C[C@H]3C(F)(F)F)sc2c1CCC2. The molecule has 3 aromatic rings. The van der Waals surface area contributed by atoms with Crippen LogP contribution in [0.4, 0.5) is 24.0 Å². The Morgan fingerprint density at radius 1 is 1.37 bits per heavy atom. The van der Waals surface area contributed by atoms with Crippen LogP contribution in [0.3, 0.4) is 0 Å². The molecule has 0 radical (unpaired) electrons. The van der Waals surface area contributed by atoms with Crippen molar-refractivity contribution < 1.29 is 27.5 Å². The minimum atomic E-state index is -4.60. The van der Waals surface area contributed by atoms with Gasteiger partial charge >= 0.3 is 12.1 Å². The van der Waals surface area contributed by atoms with Crippen LogP contribution in [-0.2, 0) is 17.6 Å². The van der Waals surface area contributed by atoms with Gasteiger partial charge in [0, 0.05) is 16.2 Å². The van der Waals surface area contributed by atoms with Crippen LogP contribution in [0.2, 0.25) is 5.02 Å². The maximum atomic E-state index is 14.0. The fourth-order valence-electron chi connectivity index (χ4n) is 4.48. The Hall–Kier alpha value is -2.57. The summed E-state index contributed by atoms with van der Waals surface area (Å²) in [7, 11) is 0. The maximum absolute atomic E-state index is 14.0. The van der Waals surface area contributed by atoms with Gasteiger partial charge in [0.2, 0.25) is 0 Å². The van der Waals surface area contributed by atoms with E-state index in [9.17, 15) is 22.8 Å². The lowest BCUT2D eigenvalue weighted by molar-refractivity contribution is -0.173. The molecule has 1 aliphatic carbocycles. The van der Waals surface area contributed by atoms with Gasteiger partial charge in [-0.2, -0.15) is 18.3 Å². The maximum Gasteiger partial charge on any atom is 0.410 e. The summed E-state index contributed by atoms with van der Waals surface area (Å²) >= 11 is 9.01. The molecule has 0 saturated heterocycles. The van der Waals surface area contributed by atoms with Gasteiger partial charge in [-0.25, -0.2) is 9.48 Å². The second kappa shape index (κ2) is 9.14. The Morgan fingerprint density at radius 3 is 2.86 bits per heavy atom. The van der Waals surface area contributed by atoms with Gasteiger partial charge in [0.1, 0.15) is 15.8 Å². The number of carbonyl (C=O) groups excluding carboxylic acids is 2. The fraction of sp³-hybridized carbons (Fsp3) is 0.409. The molecule has 0 aromatic carbocycles. The largest absolute Gasteiger partial charge is 0.462 e. The van der Waals surface area contributed by atoms with Crippen LogP contribution in [0, 0.1) is 0 Å². The van der Waals surface area contributed by atoms with Crippen molar-refractivity contribution in [3.05, 3.63) is 49.1 Å². The summed E-state index contributed by atoms with van der Waals surface area (Å²) in [5, 5.41) is 11.5. The number of nitrogens with one attached hydrogen (secondary N) is 2. The molecule has 35 heavy (non-hydrogen) atoms. The zero-order valence-corrected chi connectivity index (χ0v) is 20.8. The number of hydrogen-bond donors (Lipinski definition) is 2. The predicted octanol–water partition coefficient (Wildman–Crippen LogP) is 6.24. The smallest absolute Gasteiger partial charge is 0.410 e. The van der Waals surface area contributed by atoms with Gasteiger partial charge < -0.3 is 15.4 Å². The van der Waals surface area contributed by atoms with Crippen molar-refractivity contribution in [3.8, 4) is 0 Å². The van der Waals surface area contributed by atoms with E-state index >= 15 is 0 Å². The summed E-state index contributed by atoms with van der Waals surface area (Å²) in [6.07, 6.45) is -2.51. The lowest BCUT2D eigenvalue weighted by Gasteiger charge is -2.32. The first-order valence-corrected chi connectivity index (χ1v) is 13.0. The summed E-state index contributed by atoms with van der Waals surface area (Å²) < 4.78 is 47.8. The van der Waals surface area contributed by atoms with Crippen molar-refractivity contribution in [1.82, 2.24) is 9.78 Å². The van der Waals surface area contributed by atoms with Gasteiger partial charge in [0.15, 0.2) is 11.7 Å². The lowest BCUT2D eigenvalue weighted by atomic mass is 10.0. The summed E-state index contributed by atoms with van der Waals surface area (Å²) in [5.41, 5.74) is 0.789. The molecule has 0 spiro atoms. The average Bonchev–Trinajstić information content (AvgIpc) is 3.57. The zero-order valence-electron chi connectivity index (χ0n) is 18.4. The van der Waals surface area contributed by atoms with Gasteiger partial charge in [-0.3, -0.25) is 4.79 Å². The van der Waals surface area contributed by atoms with Gasteiger partial charge in [-0.05, 0) is 43.2 Å². The van der Waals surface area contributed by atoms with E-state index in [0.717, 1.165) is 32.8 Å². The molecular weight excluding hydrogens is 525 g/mol. The second-order valence-electron chi connectivity index (χ2n) is 8.20. The topological polar surface area (TPSA) is 85.2 Å². The highest BCUT2D eigenvalue weighted by Gasteiger charge is 2.48. The number of ether oxygens (including phenoxy) is 1. The molecular formula is C22H20ClF3N4O3S2. The van der Waals surface area contributed by atoms with Crippen LogP contribution in [-0.4, -0.2) is 34.4 Å². The average molecular weight is 545 g/mol. The molecule has 4 heterocycles. The number of anilines is 2. The number of nitrogens with zero attached hydrogens (tertiary/aromatic N) is 2. The van der Waals surface area contributed by atoms with E-state index in [0.29, 0.717) is 12.0 Å². The van der Waals surface area contributed by atoms with E-state index in [1.807, 2.05) is 0 Å². The molecule has 1 aliphatic heterocycles. The molecule has 186 valence electrons. The Bertz CT molecular complexity index is 1290. The zero-order chi connectivity index (χ0) is 24.9. The first kappa shape index (κ1) is 24.1. The fourth-order valence-corrected chi connectivity index (χ4v) is 6.81. The number of rotatable bonds is 5. The highest BCUT2D eigenvalue weighted by atomic mass is 35.5. The Morgan fingerprint density at radius 2 is 2.17 bits per heavy atom. The Kier molecular flexibility index (Phi) is 6.30. The number of aromatic nitrogens is 2. The number of fused-ring (bicyclic) bond motifs is 2. The highest BCUT2D eigenvalue weighted by Crippen LogP contribution is 2.47. The summed E-state index contributed by atoms with van der Waals surface area (Å²) in [4.78, 5) is 27.4. The van der Waals surface area contributed by atoms with E-state index in [1.54, 1.807) is 24.4 Å². The molecule has 3 aromatic heterocycles. The quantitative estimate of drug-likeness (QED) is 0.372. The molecule has 0 fully saturated rings. The van der Waals surface area contributed by atoms with E-state index < -0.39 is 30.1 Å². The van der Waals surface area contributed by atoms with E-state index in [1.165, 1.54) is 22.7 Å². The number of hydrogen-bond acceptors (Lipinski definition) is 7. The number of amides is 1. The molecule has 2 N–H and O–H groups in total. The highest BCUT2D eigenvalue weighted by molar-refractivity contribution is 7.17. The molecule has 2 atom stereocenters. The van der Waals surface area contributed by atoms with Gasteiger partial charge in [-0.1, -0.05) is 17.7 Å². The molecule has 2 aliphatic rings. The lowest BCUT2D eigenvalue weighted by Crippen LogP contribution is -2.35. The molecule has 0 saturated carbocycles. The Balaban J connectivity index is 1.49. The van der Waals surface area contributed by atoms with E-state index in [-0.39, 0.29) is 34.6 Å². The molecule has 0 unspecified atom stereocenters. The number of halogens is 4. The monoisotopic (exact) mass is 544 g/mol. The van der Waals surface area contributed by atoms with Crippen molar-refractivity contribution in [3.63, 3.8) is 0 Å². The van der Waals surface area contributed by atoms with Crippen LogP contribution >= 0.6 is 34.3 Å². The number of esters is 1. The number of thiophene rings is 2. The third-order valence-corrected chi connectivity index (χ3v) is 8.58. The minimum absolute atomic E-state index is 0.0666. The second-order valence-corrected chi connectivity index (χ2v) is 10.7. The van der Waals surface area contributed by atoms with Crippen molar-refractivity contribution in [2.24, 2.45) is 0 Å². The van der Waals surface area contributed by atoms with Crippen LogP contribution in [0.15, 0.2) is 17.5 Å². The number of aryl methyl sites for hydroxylation is 1. The van der Waals surface area contributed by atoms with Gasteiger partial charge in [0.05, 0.1) is 18.2 Å². The number of carbonyl (C=O) groups is 2. The van der Waals surface area contributed by atoms with Crippen LogP contribution in [0.1, 0.15) is 68.0 Å². The van der Waals surface area contributed by atoms with E-state index in [2.05, 4.69) is 15.7 Å². The molecule has 13 heteroatoms. The van der Waals surface area contributed by atoms with Gasteiger partial charge in [0.25, 0.3) is 5.91 Å². The summed E-state index contributed by atoms with van der Waals surface area (Å²) in [6, 6.07) is 0.923. The van der Waals surface area contributed by atoms with Crippen LogP contribution in [0.25, 0.3) is 0 Å². The molecule has 0 bridgehead atoms. The van der Waals surface area contributed by atoms with Crippen molar-refractivity contribution in [2.75, 3.05) is 17.2 Å². The summed E-state index contributed by atoms with van der Waals surface area (Å²) in [6.45, 7) is 1.86. The summed E-state index contributed by atoms with van der Waals surface area (Å²) in [5.74, 6) is -1.41. The normalized spacial score (nSPS) is 19.1. The van der Waals surface area contributed by atoms with Crippen LogP contribution in [0.5, 0.6) is 0 Å².